The third kappa shape index (κ3) is 4.12. The Hall–Kier alpha value is -2.51. The summed E-state index contributed by atoms with van der Waals surface area (Å²) in [5.74, 6) is 0.585. The van der Waals surface area contributed by atoms with Crippen molar-refractivity contribution < 1.29 is 9.53 Å². The molecular formula is C16H15Cl2N5O2. The standard InChI is InChI=1S/C16H15Cl2N5O2/c1-8(25-16(18)24)6-20-10-5-13-15(21-7-10)23-14(22-13)11-4-9(19)2-3-12(11)17/h2-5,7-8,20H,6,19H2,1H3,(H,21,22,23). The minimum atomic E-state index is -0.833. The number of fused-ring (bicyclic) bond motifs is 1. The van der Waals surface area contributed by atoms with Crippen molar-refractivity contribution >= 4 is 51.2 Å². The Kier molecular flexibility index (Phi) is 4.96. The molecule has 0 amide bonds. The van der Waals surface area contributed by atoms with Crippen molar-refractivity contribution in [3.8, 4) is 11.4 Å². The molecule has 2 aromatic heterocycles. The number of rotatable bonds is 5. The second-order valence-corrected chi connectivity index (χ2v) is 6.18. The summed E-state index contributed by atoms with van der Waals surface area (Å²) in [4.78, 5) is 22.6. The quantitative estimate of drug-likeness (QED) is 0.456. The predicted molar refractivity (Wildman–Crippen MR) is 99.0 cm³/mol. The van der Waals surface area contributed by atoms with Gasteiger partial charge >= 0.3 is 5.43 Å². The first-order valence-electron chi connectivity index (χ1n) is 7.43. The maximum Gasteiger partial charge on any atom is 0.404 e. The Balaban J connectivity index is 1.82. The minimum absolute atomic E-state index is 0.371. The van der Waals surface area contributed by atoms with Gasteiger partial charge < -0.3 is 20.8 Å². The number of aromatic nitrogens is 3. The molecule has 3 rings (SSSR count). The minimum Gasteiger partial charge on any atom is -0.449 e. The van der Waals surface area contributed by atoms with Crippen LogP contribution in [0.2, 0.25) is 5.02 Å². The number of pyridine rings is 1. The van der Waals surface area contributed by atoms with Gasteiger partial charge in [0.05, 0.1) is 29.0 Å². The fourth-order valence-corrected chi connectivity index (χ4v) is 2.67. The molecule has 0 aliphatic rings. The van der Waals surface area contributed by atoms with E-state index < -0.39 is 5.43 Å². The van der Waals surface area contributed by atoms with Crippen LogP contribution < -0.4 is 11.1 Å². The van der Waals surface area contributed by atoms with Gasteiger partial charge in [0.2, 0.25) is 0 Å². The van der Waals surface area contributed by atoms with E-state index in [0.717, 1.165) is 11.2 Å². The average Bonchev–Trinajstić information content (AvgIpc) is 2.97. The van der Waals surface area contributed by atoms with Crippen LogP contribution in [0.3, 0.4) is 0 Å². The lowest BCUT2D eigenvalue weighted by Crippen LogP contribution is -2.20. The lowest BCUT2D eigenvalue weighted by atomic mass is 10.2. The molecule has 0 aliphatic carbocycles. The van der Waals surface area contributed by atoms with E-state index in [9.17, 15) is 4.79 Å². The summed E-state index contributed by atoms with van der Waals surface area (Å²) in [6.45, 7) is 2.13. The molecule has 25 heavy (non-hydrogen) atoms. The molecule has 0 saturated heterocycles. The molecule has 130 valence electrons. The fourth-order valence-electron chi connectivity index (χ4n) is 2.31. The molecule has 2 heterocycles. The smallest absolute Gasteiger partial charge is 0.404 e. The molecule has 7 nitrogen and oxygen atoms in total. The molecule has 0 spiro atoms. The lowest BCUT2D eigenvalue weighted by Gasteiger charge is -2.12. The molecule has 1 unspecified atom stereocenters. The molecular weight excluding hydrogens is 365 g/mol. The van der Waals surface area contributed by atoms with Crippen molar-refractivity contribution in [3.05, 3.63) is 35.5 Å². The number of hydrogen-bond donors (Lipinski definition) is 3. The van der Waals surface area contributed by atoms with E-state index in [0.29, 0.717) is 34.3 Å². The summed E-state index contributed by atoms with van der Waals surface area (Å²) in [5.41, 5.74) is 8.32. The van der Waals surface area contributed by atoms with Gasteiger partial charge in [-0.05, 0) is 31.2 Å². The van der Waals surface area contributed by atoms with Gasteiger partial charge in [0.15, 0.2) is 5.65 Å². The molecule has 1 aromatic carbocycles. The molecule has 0 saturated carbocycles. The second kappa shape index (κ2) is 7.16. The van der Waals surface area contributed by atoms with Crippen LogP contribution >= 0.6 is 23.2 Å². The Morgan fingerprint density at radius 2 is 2.24 bits per heavy atom. The van der Waals surface area contributed by atoms with Crippen molar-refractivity contribution in [2.24, 2.45) is 0 Å². The van der Waals surface area contributed by atoms with Crippen LogP contribution in [-0.2, 0) is 4.74 Å². The van der Waals surface area contributed by atoms with E-state index in [-0.39, 0.29) is 6.10 Å². The summed E-state index contributed by atoms with van der Waals surface area (Å²) in [5, 5.41) is 3.66. The van der Waals surface area contributed by atoms with Crippen LogP contribution in [0, 0.1) is 0 Å². The van der Waals surface area contributed by atoms with Gasteiger partial charge in [-0.2, -0.15) is 0 Å². The zero-order valence-electron chi connectivity index (χ0n) is 13.2. The number of hydrogen-bond acceptors (Lipinski definition) is 6. The lowest BCUT2D eigenvalue weighted by molar-refractivity contribution is 0.138. The Bertz CT molecular complexity index is 928. The topological polar surface area (TPSA) is 106 Å². The van der Waals surface area contributed by atoms with Gasteiger partial charge in [-0.3, -0.25) is 0 Å². The van der Waals surface area contributed by atoms with Crippen LogP contribution in [0.25, 0.3) is 22.6 Å². The number of anilines is 2. The zero-order chi connectivity index (χ0) is 18.0. The van der Waals surface area contributed by atoms with E-state index in [1.807, 2.05) is 6.07 Å². The van der Waals surface area contributed by atoms with Gasteiger partial charge in [-0.1, -0.05) is 11.6 Å². The molecule has 1 atom stereocenters. The summed E-state index contributed by atoms with van der Waals surface area (Å²) >= 11 is 11.4. The monoisotopic (exact) mass is 379 g/mol. The van der Waals surface area contributed by atoms with Crippen LogP contribution in [0.4, 0.5) is 16.2 Å². The van der Waals surface area contributed by atoms with Crippen molar-refractivity contribution in [2.45, 2.75) is 13.0 Å². The maximum atomic E-state index is 10.7. The Morgan fingerprint density at radius 1 is 1.44 bits per heavy atom. The van der Waals surface area contributed by atoms with Crippen LogP contribution in [0.1, 0.15) is 6.92 Å². The van der Waals surface area contributed by atoms with Crippen LogP contribution in [0.15, 0.2) is 30.5 Å². The number of carbonyl (C=O) groups excluding carboxylic acids is 1. The van der Waals surface area contributed by atoms with Gasteiger partial charge in [0.25, 0.3) is 0 Å². The summed E-state index contributed by atoms with van der Waals surface area (Å²) in [6, 6.07) is 7.05. The number of nitrogens with two attached hydrogens (primary N) is 1. The normalized spacial score (nSPS) is 12.1. The van der Waals surface area contributed by atoms with Crippen molar-refractivity contribution in [2.75, 3.05) is 17.6 Å². The van der Waals surface area contributed by atoms with Gasteiger partial charge in [0.1, 0.15) is 11.9 Å². The highest BCUT2D eigenvalue weighted by Gasteiger charge is 2.11. The first-order valence-corrected chi connectivity index (χ1v) is 8.19. The van der Waals surface area contributed by atoms with Crippen molar-refractivity contribution in [1.29, 1.82) is 0 Å². The van der Waals surface area contributed by atoms with Gasteiger partial charge in [-0.15, -0.1) is 0 Å². The number of benzene rings is 1. The van der Waals surface area contributed by atoms with E-state index >= 15 is 0 Å². The molecule has 0 radical (unpaired) electrons. The molecule has 0 fully saturated rings. The number of nitrogens with zero attached hydrogens (tertiary/aromatic N) is 2. The van der Waals surface area contributed by atoms with E-state index in [2.05, 4.69) is 20.3 Å². The molecule has 0 aliphatic heterocycles. The molecule has 3 aromatic rings. The highest BCUT2D eigenvalue weighted by molar-refractivity contribution is 6.61. The Morgan fingerprint density at radius 3 is 3.00 bits per heavy atom. The number of ether oxygens (including phenoxy) is 1. The SMILES string of the molecule is CC(CNc1cnc2nc(-c3cc(N)ccc3Cl)[nH]c2c1)OC(=O)Cl. The first-order chi connectivity index (χ1) is 11.9. The number of aromatic amines is 1. The molecule has 9 heteroatoms. The largest absolute Gasteiger partial charge is 0.449 e. The van der Waals surface area contributed by atoms with E-state index in [4.69, 9.17) is 33.7 Å². The number of H-pyrrole nitrogens is 1. The Labute approximate surface area is 153 Å². The number of imidazole rings is 1. The molecule has 4 N–H and O–H groups in total. The summed E-state index contributed by atoms with van der Waals surface area (Å²) in [7, 11) is 0. The third-order valence-electron chi connectivity index (χ3n) is 3.47. The zero-order valence-corrected chi connectivity index (χ0v) is 14.7. The van der Waals surface area contributed by atoms with E-state index in [1.54, 1.807) is 31.3 Å². The first kappa shape index (κ1) is 17.3. The molecule has 0 bridgehead atoms. The van der Waals surface area contributed by atoms with E-state index in [1.165, 1.54) is 0 Å². The summed E-state index contributed by atoms with van der Waals surface area (Å²) in [6.07, 6.45) is 1.27. The summed E-state index contributed by atoms with van der Waals surface area (Å²) < 4.78 is 4.84. The van der Waals surface area contributed by atoms with Crippen LogP contribution in [0.5, 0.6) is 0 Å². The predicted octanol–water partition coefficient (Wildman–Crippen LogP) is 4.04. The number of carbonyl (C=O) groups is 1. The van der Waals surface area contributed by atoms with Gasteiger partial charge in [0, 0.05) is 22.9 Å². The highest BCUT2D eigenvalue weighted by Crippen LogP contribution is 2.29. The van der Waals surface area contributed by atoms with Gasteiger partial charge in [-0.25, -0.2) is 14.8 Å². The number of nitrogens with one attached hydrogen (secondary N) is 2. The average molecular weight is 380 g/mol. The third-order valence-corrected chi connectivity index (χ3v) is 3.89. The van der Waals surface area contributed by atoms with Crippen molar-refractivity contribution in [1.82, 2.24) is 15.0 Å². The van der Waals surface area contributed by atoms with Crippen LogP contribution in [-0.4, -0.2) is 33.0 Å². The second-order valence-electron chi connectivity index (χ2n) is 5.47. The number of halogens is 2. The highest BCUT2D eigenvalue weighted by atomic mass is 35.5. The maximum absolute atomic E-state index is 10.7. The number of nitrogen functional groups attached to an aromatic ring is 1. The van der Waals surface area contributed by atoms with Crippen molar-refractivity contribution in [3.63, 3.8) is 0 Å². The fraction of sp³-hybridized carbons (Fsp3) is 0.188.